The van der Waals surface area contributed by atoms with Crippen LogP contribution in [0, 0.1) is 18.8 Å². The van der Waals surface area contributed by atoms with Crippen molar-refractivity contribution in [1.29, 1.82) is 0 Å². The van der Waals surface area contributed by atoms with Crippen molar-refractivity contribution in [1.82, 2.24) is 20.2 Å². The Kier molecular flexibility index (Phi) is 9.94. The minimum atomic E-state index is -4.94. The summed E-state index contributed by atoms with van der Waals surface area (Å²) < 4.78 is 84.5. The number of alkyl halides is 6. The Morgan fingerprint density at radius 3 is 2.30 bits per heavy atom. The third-order valence-electron chi connectivity index (χ3n) is 7.66. The van der Waals surface area contributed by atoms with Gasteiger partial charge in [0.15, 0.2) is 0 Å². The first kappa shape index (κ1) is 32.9. The largest absolute Gasteiger partial charge is 0.573 e. The first-order valence-electron chi connectivity index (χ1n) is 14.1. The number of benzene rings is 2. The van der Waals surface area contributed by atoms with E-state index in [0.29, 0.717) is 61.2 Å². The van der Waals surface area contributed by atoms with Crippen LogP contribution in [-0.4, -0.2) is 50.7 Å². The molecule has 1 N–H and O–H groups in total. The van der Waals surface area contributed by atoms with Gasteiger partial charge in [0.25, 0.3) is 5.95 Å². The maximum absolute atomic E-state index is 13.6. The van der Waals surface area contributed by atoms with Crippen LogP contribution in [0.25, 0.3) is 0 Å². The lowest BCUT2D eigenvalue weighted by molar-refractivity contribution is -0.274. The molecular formula is C29H34F6N6O3. The molecule has 1 saturated carbocycles. The average molecular weight is 629 g/mol. The molecule has 0 bridgehead atoms. The van der Waals surface area contributed by atoms with Crippen LogP contribution in [0.4, 0.5) is 38.0 Å². The number of anilines is 2. The Morgan fingerprint density at radius 1 is 1.02 bits per heavy atom. The van der Waals surface area contributed by atoms with Crippen LogP contribution >= 0.6 is 0 Å². The summed E-state index contributed by atoms with van der Waals surface area (Å²) in [4.78, 5) is 16.1. The zero-order chi connectivity index (χ0) is 32.2. The molecule has 4 rings (SSSR count). The van der Waals surface area contributed by atoms with Crippen molar-refractivity contribution in [2.75, 3.05) is 22.9 Å². The lowest BCUT2D eigenvalue weighted by Gasteiger charge is -2.34. The van der Waals surface area contributed by atoms with Crippen LogP contribution in [0.5, 0.6) is 5.75 Å². The third-order valence-corrected chi connectivity index (χ3v) is 7.66. The molecule has 9 nitrogen and oxygen atoms in total. The number of carboxylic acids is 1. The van der Waals surface area contributed by atoms with E-state index >= 15 is 0 Å². The lowest BCUT2D eigenvalue weighted by atomic mass is 9.81. The summed E-state index contributed by atoms with van der Waals surface area (Å²) in [6.07, 6.45) is -7.02. The fraction of sp³-hybridized carbons (Fsp3) is 0.517. The number of halogens is 6. The van der Waals surface area contributed by atoms with Gasteiger partial charge in [0.1, 0.15) is 5.75 Å². The number of aromatic nitrogens is 4. The fourth-order valence-electron chi connectivity index (χ4n) is 5.64. The van der Waals surface area contributed by atoms with E-state index in [1.807, 2.05) is 11.8 Å². The molecule has 1 aromatic heterocycles. The molecular weight excluding hydrogens is 594 g/mol. The number of aliphatic carboxylic acids is 1. The Bertz CT molecular complexity index is 1440. The normalized spacial score (nSPS) is 17.4. The topological polar surface area (TPSA) is 96.6 Å². The van der Waals surface area contributed by atoms with E-state index in [9.17, 15) is 36.2 Å². The molecule has 240 valence electrons. The number of tetrazole rings is 1. The van der Waals surface area contributed by atoms with Crippen molar-refractivity contribution in [2.45, 2.75) is 65.2 Å². The second-order valence-corrected chi connectivity index (χ2v) is 11.1. The zero-order valence-electron chi connectivity index (χ0n) is 24.5. The van der Waals surface area contributed by atoms with E-state index in [1.54, 1.807) is 17.9 Å². The molecule has 1 fully saturated rings. The van der Waals surface area contributed by atoms with E-state index in [0.717, 1.165) is 12.1 Å². The van der Waals surface area contributed by atoms with E-state index < -0.39 is 29.8 Å². The summed E-state index contributed by atoms with van der Waals surface area (Å²) in [6, 6.07) is 7.65. The Morgan fingerprint density at radius 2 is 1.73 bits per heavy atom. The molecule has 0 unspecified atom stereocenters. The molecule has 0 atom stereocenters. The summed E-state index contributed by atoms with van der Waals surface area (Å²) in [5.74, 6) is -1.40. The van der Waals surface area contributed by atoms with Crippen LogP contribution in [0.2, 0.25) is 0 Å². The summed E-state index contributed by atoms with van der Waals surface area (Å²) in [7, 11) is 1.52. The van der Waals surface area contributed by atoms with E-state index in [4.69, 9.17) is 0 Å². The third kappa shape index (κ3) is 8.76. The van der Waals surface area contributed by atoms with Gasteiger partial charge >= 0.3 is 18.5 Å². The van der Waals surface area contributed by atoms with E-state index in [-0.39, 0.29) is 30.9 Å². The number of nitrogens with zero attached hydrogens (tertiary/aromatic N) is 6. The molecule has 1 aliphatic carbocycles. The van der Waals surface area contributed by atoms with Gasteiger partial charge in [0.05, 0.1) is 18.5 Å². The SMILES string of the molecule is CCN(CC1CCC(C(=O)O)CC1)c1ccc(OC(F)(F)F)cc1CN(Cc1cc(C)cc(C(F)(F)F)c1)c1nnn(C)n1. The molecule has 44 heavy (non-hydrogen) atoms. The summed E-state index contributed by atoms with van der Waals surface area (Å²) in [5.41, 5.74) is 0.880. The minimum Gasteiger partial charge on any atom is -0.481 e. The highest BCUT2D eigenvalue weighted by Gasteiger charge is 2.33. The second kappa shape index (κ2) is 13.3. The Balaban J connectivity index is 1.69. The standard InChI is InChI=1S/C29H34F6N6O3/c1-4-40(15-19-5-7-21(8-6-19)26(42)43)25-10-9-24(44-29(33,34)35)14-22(25)17-41(27-36-38-39(3)37-27)16-20-11-18(2)12-23(13-20)28(30,31)32/h9-14,19,21H,4-8,15-17H2,1-3H3,(H,42,43). The van der Waals surface area contributed by atoms with E-state index in [1.165, 1.54) is 30.0 Å². The Labute approximate surface area is 250 Å². The van der Waals surface area contributed by atoms with Gasteiger partial charge in [-0.3, -0.25) is 4.79 Å². The number of aryl methyl sites for hydroxylation is 2. The number of carboxylic acid groups (broad SMARTS) is 1. The van der Waals surface area contributed by atoms with Gasteiger partial charge in [0, 0.05) is 31.9 Å². The highest BCUT2D eigenvalue weighted by atomic mass is 19.4. The molecule has 15 heteroatoms. The number of ether oxygens (including phenoxy) is 1. The van der Waals surface area contributed by atoms with Crippen molar-refractivity contribution in [2.24, 2.45) is 18.9 Å². The van der Waals surface area contributed by atoms with Crippen molar-refractivity contribution >= 4 is 17.6 Å². The zero-order valence-corrected chi connectivity index (χ0v) is 24.5. The van der Waals surface area contributed by atoms with Gasteiger partial charge in [-0.1, -0.05) is 16.7 Å². The van der Waals surface area contributed by atoms with E-state index in [2.05, 4.69) is 20.1 Å². The highest BCUT2D eigenvalue weighted by Crippen LogP contribution is 2.35. The van der Waals surface area contributed by atoms with Crippen LogP contribution in [0.1, 0.15) is 54.9 Å². The second-order valence-electron chi connectivity index (χ2n) is 11.1. The van der Waals surface area contributed by atoms with Crippen molar-refractivity contribution in [3.8, 4) is 5.75 Å². The maximum atomic E-state index is 13.6. The van der Waals surface area contributed by atoms with Gasteiger partial charge in [-0.2, -0.15) is 18.0 Å². The number of rotatable bonds is 11. The lowest BCUT2D eigenvalue weighted by Crippen LogP contribution is -2.34. The average Bonchev–Trinajstić information content (AvgIpc) is 3.36. The van der Waals surface area contributed by atoms with Gasteiger partial charge in [-0.25, -0.2) is 0 Å². The summed E-state index contributed by atoms with van der Waals surface area (Å²) in [5, 5.41) is 21.4. The quantitative estimate of drug-likeness (QED) is 0.245. The van der Waals surface area contributed by atoms with Gasteiger partial charge in [-0.15, -0.1) is 18.3 Å². The molecule has 0 aliphatic heterocycles. The highest BCUT2D eigenvalue weighted by molar-refractivity contribution is 5.70. The van der Waals surface area contributed by atoms with Gasteiger partial charge < -0.3 is 19.6 Å². The first-order valence-corrected chi connectivity index (χ1v) is 14.1. The number of carbonyl (C=O) groups is 1. The smallest absolute Gasteiger partial charge is 0.481 e. The van der Waals surface area contributed by atoms with Crippen LogP contribution < -0.4 is 14.5 Å². The molecule has 0 spiro atoms. The predicted octanol–water partition coefficient (Wildman–Crippen LogP) is 6.36. The minimum absolute atomic E-state index is 0.0747. The van der Waals surface area contributed by atoms with Crippen molar-refractivity contribution < 1.29 is 41.0 Å². The number of hydrogen-bond acceptors (Lipinski definition) is 7. The van der Waals surface area contributed by atoms with Crippen molar-refractivity contribution in [3.05, 3.63) is 58.7 Å². The molecule has 0 amide bonds. The molecule has 0 saturated heterocycles. The first-order chi connectivity index (χ1) is 20.6. The maximum Gasteiger partial charge on any atom is 0.573 e. The monoisotopic (exact) mass is 628 g/mol. The van der Waals surface area contributed by atoms with Gasteiger partial charge in [-0.05, 0) is 92.1 Å². The fourth-order valence-corrected chi connectivity index (χ4v) is 5.64. The molecule has 2 aromatic carbocycles. The van der Waals surface area contributed by atoms with Crippen LogP contribution in [0.3, 0.4) is 0 Å². The van der Waals surface area contributed by atoms with Crippen LogP contribution in [-0.2, 0) is 31.1 Å². The molecule has 1 aliphatic rings. The molecule has 3 aromatic rings. The van der Waals surface area contributed by atoms with Crippen molar-refractivity contribution in [3.63, 3.8) is 0 Å². The molecule has 0 radical (unpaired) electrons. The molecule has 1 heterocycles. The summed E-state index contributed by atoms with van der Waals surface area (Å²) in [6.45, 7) is 4.33. The predicted molar refractivity (Wildman–Crippen MR) is 149 cm³/mol. The number of hydrogen-bond donors (Lipinski definition) is 1. The summed E-state index contributed by atoms with van der Waals surface area (Å²) >= 11 is 0. The van der Waals surface area contributed by atoms with Gasteiger partial charge in [0.2, 0.25) is 0 Å². The Hall–Kier alpha value is -4.04. The van der Waals surface area contributed by atoms with Crippen LogP contribution in [0.15, 0.2) is 36.4 Å².